The first-order valence-electron chi connectivity index (χ1n) is 5.51. The Morgan fingerprint density at radius 1 is 1.65 bits per heavy atom. The molecule has 1 amide bonds. The lowest BCUT2D eigenvalue weighted by Crippen LogP contribution is -2.46. The zero-order valence-corrected chi connectivity index (χ0v) is 10.3. The monoisotopic (exact) mass is 238 g/mol. The summed E-state index contributed by atoms with van der Waals surface area (Å²) in [6.07, 6.45) is 4.15. The van der Waals surface area contributed by atoms with Crippen molar-refractivity contribution in [2.24, 2.45) is 11.1 Å². The molecule has 1 rings (SSSR count). The average molecular weight is 238 g/mol. The van der Waals surface area contributed by atoms with E-state index >= 15 is 0 Å². The molecule has 0 aromatic heterocycles. The standard InChI is InChI=1S/C12H18N2O3/c1-4-12(2,3)6-7-5-8(11(16)17)9(13)10(15)14-7/h5-6,9H,4,13H2,1-3H3,(H,14,15)(H,16,17)/b7-6-. The second-order valence-corrected chi connectivity index (χ2v) is 4.81. The van der Waals surface area contributed by atoms with E-state index in [1.807, 2.05) is 26.8 Å². The molecule has 17 heavy (non-hydrogen) atoms. The fraction of sp³-hybridized carbons (Fsp3) is 0.500. The Morgan fingerprint density at radius 2 is 2.24 bits per heavy atom. The third-order valence-corrected chi connectivity index (χ3v) is 2.90. The van der Waals surface area contributed by atoms with Gasteiger partial charge >= 0.3 is 5.97 Å². The Hall–Kier alpha value is -1.62. The molecular weight excluding hydrogens is 220 g/mol. The molecule has 0 fully saturated rings. The van der Waals surface area contributed by atoms with Crippen molar-refractivity contribution in [3.8, 4) is 0 Å². The molecule has 5 nitrogen and oxygen atoms in total. The number of carboxylic acids is 1. The van der Waals surface area contributed by atoms with Gasteiger partial charge in [-0.05, 0) is 17.9 Å². The van der Waals surface area contributed by atoms with Gasteiger partial charge in [0.15, 0.2) is 0 Å². The van der Waals surface area contributed by atoms with Crippen LogP contribution in [-0.2, 0) is 9.59 Å². The third-order valence-electron chi connectivity index (χ3n) is 2.90. The quantitative estimate of drug-likeness (QED) is 0.677. The molecular formula is C12H18N2O3. The van der Waals surface area contributed by atoms with E-state index in [1.54, 1.807) is 0 Å². The van der Waals surface area contributed by atoms with Crippen molar-refractivity contribution >= 4 is 11.9 Å². The zero-order valence-electron chi connectivity index (χ0n) is 10.3. The summed E-state index contributed by atoms with van der Waals surface area (Å²) in [4.78, 5) is 22.4. The van der Waals surface area contributed by atoms with Crippen molar-refractivity contribution in [1.82, 2.24) is 5.32 Å². The van der Waals surface area contributed by atoms with E-state index in [0.29, 0.717) is 5.70 Å². The summed E-state index contributed by atoms with van der Waals surface area (Å²) in [5, 5.41) is 11.5. The molecule has 1 unspecified atom stereocenters. The van der Waals surface area contributed by atoms with Crippen LogP contribution >= 0.6 is 0 Å². The molecule has 94 valence electrons. The molecule has 0 saturated heterocycles. The van der Waals surface area contributed by atoms with E-state index in [0.717, 1.165) is 6.42 Å². The molecule has 1 aliphatic rings. The molecule has 1 heterocycles. The van der Waals surface area contributed by atoms with Crippen molar-refractivity contribution in [2.45, 2.75) is 33.2 Å². The molecule has 0 aliphatic carbocycles. The van der Waals surface area contributed by atoms with E-state index < -0.39 is 17.9 Å². The van der Waals surface area contributed by atoms with Gasteiger partial charge in [-0.25, -0.2) is 4.79 Å². The smallest absolute Gasteiger partial charge is 0.333 e. The lowest BCUT2D eigenvalue weighted by Gasteiger charge is -2.24. The first kappa shape index (κ1) is 13.4. The highest BCUT2D eigenvalue weighted by Gasteiger charge is 2.29. The SMILES string of the molecule is CCC(C)(C)/C=C1/C=C(C(=O)O)C(N)C(=O)N1. The van der Waals surface area contributed by atoms with Crippen molar-refractivity contribution in [2.75, 3.05) is 0 Å². The summed E-state index contributed by atoms with van der Waals surface area (Å²) < 4.78 is 0. The van der Waals surface area contributed by atoms with Crippen molar-refractivity contribution in [1.29, 1.82) is 0 Å². The highest BCUT2D eigenvalue weighted by molar-refractivity contribution is 6.01. The van der Waals surface area contributed by atoms with Crippen LogP contribution in [0.15, 0.2) is 23.4 Å². The fourth-order valence-electron chi connectivity index (χ4n) is 1.45. The lowest BCUT2D eigenvalue weighted by atomic mass is 9.88. The van der Waals surface area contributed by atoms with Gasteiger partial charge in [0.1, 0.15) is 6.04 Å². The van der Waals surface area contributed by atoms with Gasteiger partial charge in [0.2, 0.25) is 5.91 Å². The number of hydrogen-bond donors (Lipinski definition) is 3. The number of carboxylic acid groups (broad SMARTS) is 1. The topological polar surface area (TPSA) is 92.4 Å². The van der Waals surface area contributed by atoms with Gasteiger partial charge in [-0.3, -0.25) is 4.79 Å². The molecule has 0 aromatic carbocycles. The van der Waals surface area contributed by atoms with Crippen molar-refractivity contribution < 1.29 is 14.7 Å². The Morgan fingerprint density at radius 3 is 2.71 bits per heavy atom. The van der Waals surface area contributed by atoms with Crippen LogP contribution in [-0.4, -0.2) is 23.0 Å². The third kappa shape index (κ3) is 3.17. The molecule has 1 atom stereocenters. The molecule has 4 N–H and O–H groups in total. The first-order valence-corrected chi connectivity index (χ1v) is 5.51. The van der Waals surface area contributed by atoms with Gasteiger partial charge in [0.25, 0.3) is 0 Å². The number of hydrogen-bond acceptors (Lipinski definition) is 3. The molecule has 1 aliphatic heterocycles. The average Bonchev–Trinajstić information content (AvgIpc) is 2.22. The van der Waals surface area contributed by atoms with Crippen LogP contribution in [0.2, 0.25) is 0 Å². The zero-order chi connectivity index (χ0) is 13.2. The van der Waals surface area contributed by atoms with Crippen LogP contribution in [0.1, 0.15) is 27.2 Å². The summed E-state index contributed by atoms with van der Waals surface area (Å²) in [7, 11) is 0. The van der Waals surface area contributed by atoms with Crippen LogP contribution in [0.4, 0.5) is 0 Å². The summed E-state index contributed by atoms with van der Waals surface area (Å²) in [6, 6.07) is -1.10. The highest BCUT2D eigenvalue weighted by atomic mass is 16.4. The Kier molecular flexibility index (Phi) is 3.72. The molecule has 0 spiro atoms. The number of rotatable bonds is 3. The molecule has 0 bridgehead atoms. The van der Waals surface area contributed by atoms with E-state index in [-0.39, 0.29) is 11.0 Å². The Bertz CT molecular complexity index is 408. The maximum absolute atomic E-state index is 11.5. The van der Waals surface area contributed by atoms with E-state index in [4.69, 9.17) is 10.8 Å². The lowest BCUT2D eigenvalue weighted by molar-refractivity contribution is -0.134. The van der Waals surface area contributed by atoms with Crippen LogP contribution in [0.25, 0.3) is 0 Å². The summed E-state index contributed by atoms with van der Waals surface area (Å²) in [5.41, 5.74) is 5.81. The number of amides is 1. The second kappa shape index (κ2) is 4.71. The number of allylic oxidation sites excluding steroid dienone is 2. The number of carbonyl (C=O) groups is 2. The largest absolute Gasteiger partial charge is 0.478 e. The van der Waals surface area contributed by atoms with Gasteiger partial charge in [0, 0.05) is 5.70 Å². The number of nitrogens with two attached hydrogens (primary N) is 1. The van der Waals surface area contributed by atoms with Crippen LogP contribution in [0.3, 0.4) is 0 Å². The number of aliphatic carboxylic acids is 1. The van der Waals surface area contributed by atoms with E-state index in [9.17, 15) is 9.59 Å². The molecule has 5 heteroatoms. The van der Waals surface area contributed by atoms with Gasteiger partial charge in [-0.15, -0.1) is 0 Å². The summed E-state index contributed by atoms with van der Waals surface area (Å²) >= 11 is 0. The summed E-state index contributed by atoms with van der Waals surface area (Å²) in [6.45, 7) is 6.04. The van der Waals surface area contributed by atoms with Crippen LogP contribution in [0.5, 0.6) is 0 Å². The minimum absolute atomic E-state index is 0.0769. The summed E-state index contributed by atoms with van der Waals surface area (Å²) in [5.74, 6) is -1.64. The van der Waals surface area contributed by atoms with Crippen LogP contribution in [0, 0.1) is 5.41 Å². The van der Waals surface area contributed by atoms with Gasteiger partial charge < -0.3 is 16.2 Å². The van der Waals surface area contributed by atoms with Crippen molar-refractivity contribution in [3.63, 3.8) is 0 Å². The minimum atomic E-state index is -1.16. The van der Waals surface area contributed by atoms with Crippen LogP contribution < -0.4 is 11.1 Å². The van der Waals surface area contributed by atoms with Gasteiger partial charge in [-0.1, -0.05) is 26.8 Å². The molecule has 0 saturated carbocycles. The Labute approximate surface area is 100 Å². The predicted molar refractivity (Wildman–Crippen MR) is 64.0 cm³/mol. The van der Waals surface area contributed by atoms with Gasteiger partial charge in [0.05, 0.1) is 5.57 Å². The highest BCUT2D eigenvalue weighted by Crippen LogP contribution is 2.24. The first-order chi connectivity index (χ1) is 7.76. The fourth-order valence-corrected chi connectivity index (χ4v) is 1.45. The van der Waals surface area contributed by atoms with Crippen molar-refractivity contribution in [3.05, 3.63) is 23.4 Å². The Balaban J connectivity index is 3.12. The number of carbonyl (C=O) groups excluding carboxylic acids is 1. The minimum Gasteiger partial charge on any atom is -0.478 e. The molecule has 0 radical (unpaired) electrons. The molecule has 0 aromatic rings. The number of nitrogens with one attached hydrogen (secondary N) is 1. The normalized spacial score (nSPS) is 23.3. The van der Waals surface area contributed by atoms with Gasteiger partial charge in [-0.2, -0.15) is 0 Å². The van der Waals surface area contributed by atoms with E-state index in [1.165, 1.54) is 6.08 Å². The predicted octanol–water partition coefficient (Wildman–Crippen LogP) is 0.775. The maximum atomic E-state index is 11.5. The van der Waals surface area contributed by atoms with E-state index in [2.05, 4.69) is 5.32 Å². The maximum Gasteiger partial charge on any atom is 0.333 e. The second-order valence-electron chi connectivity index (χ2n) is 4.81.